The van der Waals surface area contributed by atoms with Crippen molar-refractivity contribution in [3.05, 3.63) is 41.1 Å². The zero-order valence-corrected chi connectivity index (χ0v) is 16.9. The second kappa shape index (κ2) is 7.16. The molecule has 0 bridgehead atoms. The maximum atomic E-state index is 12.9. The van der Waals surface area contributed by atoms with Crippen molar-refractivity contribution in [2.45, 2.75) is 12.4 Å². The number of nitrogens with one attached hydrogen (secondary N) is 1. The van der Waals surface area contributed by atoms with Gasteiger partial charge in [-0.05, 0) is 59.9 Å². The highest BCUT2D eigenvalue weighted by Gasteiger charge is 2.39. The molecule has 136 valence electrons. The molecule has 0 saturated carbocycles. The van der Waals surface area contributed by atoms with Crippen LogP contribution in [0, 0.1) is 0 Å². The van der Waals surface area contributed by atoms with Crippen molar-refractivity contribution in [2.24, 2.45) is 0 Å². The van der Waals surface area contributed by atoms with Crippen LogP contribution in [0.2, 0.25) is 0 Å². The van der Waals surface area contributed by atoms with Gasteiger partial charge in [-0.2, -0.15) is 26.3 Å². The Morgan fingerprint density at radius 1 is 1.00 bits per heavy atom. The number of amides is 1. The highest BCUT2D eigenvalue weighted by molar-refractivity contribution is 9.11. The summed E-state index contributed by atoms with van der Waals surface area (Å²) < 4.78 is 76.4. The molecule has 0 aliphatic rings. The van der Waals surface area contributed by atoms with Crippen molar-refractivity contribution in [1.29, 1.82) is 0 Å². The van der Waals surface area contributed by atoms with Crippen LogP contribution in [0.4, 0.5) is 32.0 Å². The fraction of sp³-hybridized carbons (Fsp3) is 0.167. The van der Waals surface area contributed by atoms with E-state index in [1.165, 1.54) is 0 Å². The van der Waals surface area contributed by atoms with Gasteiger partial charge in [0.15, 0.2) is 9.61 Å². The second-order valence-electron chi connectivity index (χ2n) is 4.41. The van der Waals surface area contributed by atoms with E-state index >= 15 is 0 Å². The molecule has 1 heterocycles. The molecule has 0 aliphatic heterocycles. The van der Waals surface area contributed by atoms with Crippen LogP contribution in [0.5, 0.6) is 0 Å². The first-order valence-electron chi connectivity index (χ1n) is 5.92. The van der Waals surface area contributed by atoms with Gasteiger partial charge < -0.3 is 5.32 Å². The summed E-state index contributed by atoms with van der Waals surface area (Å²) in [5.41, 5.74) is -2.53. The van der Waals surface area contributed by atoms with E-state index in [2.05, 4.69) is 58.1 Å². The van der Waals surface area contributed by atoms with Crippen LogP contribution in [0.1, 0.15) is 20.9 Å². The molecule has 13 heteroatoms. The average molecular weight is 577 g/mol. The zero-order chi connectivity index (χ0) is 19.2. The first kappa shape index (κ1) is 20.6. The average Bonchev–Trinajstić information content (AvgIpc) is 2.83. The van der Waals surface area contributed by atoms with Crippen molar-refractivity contribution >= 4 is 70.7 Å². The standard InChI is InChI=1S/C12H3Br3F6N2OS/c13-4-1-3(11(16,17)18)2-5(14)6(4)22-9(24)7-8(12(19,20)21)23-10(15)25-7/h1-2H,(H,22,24). The van der Waals surface area contributed by atoms with E-state index in [0.29, 0.717) is 23.5 Å². The molecule has 2 rings (SSSR count). The first-order chi connectivity index (χ1) is 11.3. The molecule has 0 aliphatic carbocycles. The molecule has 1 N–H and O–H groups in total. The fourth-order valence-electron chi connectivity index (χ4n) is 1.67. The number of thiazole rings is 1. The lowest BCUT2D eigenvalue weighted by Gasteiger charge is -2.14. The summed E-state index contributed by atoms with van der Waals surface area (Å²) in [6.45, 7) is 0. The van der Waals surface area contributed by atoms with Crippen LogP contribution in [0.3, 0.4) is 0 Å². The van der Waals surface area contributed by atoms with Crippen molar-refractivity contribution in [3.63, 3.8) is 0 Å². The van der Waals surface area contributed by atoms with Crippen LogP contribution in [-0.4, -0.2) is 10.9 Å². The summed E-state index contributed by atoms with van der Waals surface area (Å²) in [6.07, 6.45) is -9.48. The largest absolute Gasteiger partial charge is 0.435 e. The van der Waals surface area contributed by atoms with Crippen LogP contribution in [-0.2, 0) is 12.4 Å². The molecule has 0 radical (unpaired) electrons. The number of aromatic nitrogens is 1. The number of carbonyl (C=O) groups excluding carboxylic acids is 1. The zero-order valence-electron chi connectivity index (χ0n) is 11.3. The molecule has 2 aromatic rings. The number of nitrogens with zero attached hydrogens (tertiary/aromatic N) is 1. The van der Waals surface area contributed by atoms with Crippen molar-refractivity contribution < 1.29 is 31.1 Å². The fourth-order valence-corrected chi connectivity index (χ4v) is 4.42. The van der Waals surface area contributed by atoms with Crippen molar-refractivity contribution in [2.75, 3.05) is 5.32 Å². The van der Waals surface area contributed by atoms with Crippen molar-refractivity contribution in [1.82, 2.24) is 4.98 Å². The molecule has 3 nitrogen and oxygen atoms in total. The Morgan fingerprint density at radius 3 is 1.96 bits per heavy atom. The van der Waals surface area contributed by atoms with Crippen molar-refractivity contribution in [3.8, 4) is 0 Å². The Balaban J connectivity index is 2.40. The number of halogens is 9. The third kappa shape index (κ3) is 4.74. The molecular formula is C12H3Br3F6N2OS. The van der Waals surface area contributed by atoms with Crippen LogP contribution in [0.15, 0.2) is 25.0 Å². The SMILES string of the molecule is O=C(Nc1c(Br)cc(C(F)(F)F)cc1Br)c1sc(Br)nc1C(F)(F)F. The summed E-state index contributed by atoms with van der Waals surface area (Å²) in [4.78, 5) is 14.6. The molecule has 1 aromatic carbocycles. The van der Waals surface area contributed by atoms with Gasteiger partial charge in [0, 0.05) is 8.95 Å². The van der Waals surface area contributed by atoms with E-state index in [9.17, 15) is 31.1 Å². The number of carbonyl (C=O) groups is 1. The van der Waals surface area contributed by atoms with E-state index in [4.69, 9.17) is 0 Å². The Hall–Kier alpha value is -0.660. The van der Waals surface area contributed by atoms with E-state index in [1.807, 2.05) is 0 Å². The highest BCUT2D eigenvalue weighted by atomic mass is 79.9. The predicted molar refractivity (Wildman–Crippen MR) is 89.6 cm³/mol. The van der Waals surface area contributed by atoms with E-state index in [1.54, 1.807) is 0 Å². The third-order valence-corrected chi connectivity index (χ3v) is 5.44. The lowest BCUT2D eigenvalue weighted by molar-refractivity contribution is -0.141. The molecule has 0 saturated heterocycles. The summed E-state index contributed by atoms with van der Waals surface area (Å²) in [5.74, 6) is -1.16. The Morgan fingerprint density at radius 2 is 1.52 bits per heavy atom. The van der Waals surface area contributed by atoms with Crippen LogP contribution in [0.25, 0.3) is 0 Å². The predicted octanol–water partition coefficient (Wildman–Crippen LogP) is 6.72. The number of rotatable bonds is 2. The number of benzene rings is 1. The minimum absolute atomic E-state index is 0.143. The third-order valence-electron chi connectivity index (χ3n) is 2.68. The van der Waals surface area contributed by atoms with Gasteiger partial charge in [0.05, 0.1) is 11.3 Å². The minimum Gasteiger partial charge on any atom is -0.319 e. The van der Waals surface area contributed by atoms with Gasteiger partial charge in [-0.3, -0.25) is 4.79 Å². The Labute approximate surface area is 165 Å². The second-order valence-corrected chi connectivity index (χ2v) is 8.39. The topological polar surface area (TPSA) is 42.0 Å². The highest BCUT2D eigenvalue weighted by Crippen LogP contribution is 2.40. The number of alkyl halides is 6. The monoisotopic (exact) mass is 574 g/mol. The lowest BCUT2D eigenvalue weighted by atomic mass is 10.2. The van der Waals surface area contributed by atoms with E-state index < -0.39 is 34.4 Å². The van der Waals surface area contributed by atoms with Gasteiger partial charge in [0.2, 0.25) is 0 Å². The van der Waals surface area contributed by atoms with Gasteiger partial charge in [-0.1, -0.05) is 0 Å². The quantitative estimate of drug-likeness (QED) is 0.403. The van der Waals surface area contributed by atoms with Crippen LogP contribution >= 0.6 is 59.1 Å². The minimum atomic E-state index is -4.86. The summed E-state index contributed by atoms with van der Waals surface area (Å²) in [7, 11) is 0. The van der Waals surface area contributed by atoms with E-state index in [-0.39, 0.29) is 18.5 Å². The summed E-state index contributed by atoms with van der Waals surface area (Å²) >= 11 is 8.96. The van der Waals surface area contributed by atoms with Crippen LogP contribution < -0.4 is 5.32 Å². The molecular weight excluding hydrogens is 574 g/mol. The maximum Gasteiger partial charge on any atom is 0.435 e. The Kier molecular flexibility index (Phi) is 5.91. The maximum absolute atomic E-state index is 12.9. The molecule has 1 amide bonds. The molecule has 25 heavy (non-hydrogen) atoms. The van der Waals surface area contributed by atoms with Gasteiger partial charge in [0.1, 0.15) is 4.88 Å². The molecule has 0 unspecified atom stereocenters. The lowest BCUT2D eigenvalue weighted by Crippen LogP contribution is -2.18. The van der Waals surface area contributed by atoms with Gasteiger partial charge in [-0.15, -0.1) is 11.3 Å². The van der Waals surface area contributed by atoms with Gasteiger partial charge in [-0.25, -0.2) is 4.98 Å². The number of hydrogen-bond acceptors (Lipinski definition) is 3. The van der Waals surface area contributed by atoms with Gasteiger partial charge in [0.25, 0.3) is 5.91 Å². The molecule has 0 fully saturated rings. The molecule has 1 aromatic heterocycles. The number of anilines is 1. The smallest absolute Gasteiger partial charge is 0.319 e. The molecule has 0 spiro atoms. The van der Waals surface area contributed by atoms with E-state index in [0.717, 1.165) is 0 Å². The molecule has 0 atom stereocenters. The normalized spacial score (nSPS) is 12.4. The Bertz CT molecular complexity index is 810. The summed E-state index contributed by atoms with van der Waals surface area (Å²) in [6, 6.07) is 1.40. The first-order valence-corrected chi connectivity index (χ1v) is 9.11. The van der Waals surface area contributed by atoms with Gasteiger partial charge >= 0.3 is 12.4 Å². The summed E-state index contributed by atoms with van der Waals surface area (Å²) in [5, 5.41) is 2.15. The number of hydrogen-bond donors (Lipinski definition) is 1.